The molecule has 0 saturated carbocycles. The van der Waals surface area contributed by atoms with E-state index in [-0.39, 0.29) is 12.4 Å². The van der Waals surface area contributed by atoms with E-state index in [1.807, 2.05) is 13.8 Å². The fraction of sp³-hybridized carbons (Fsp3) is 0.600. The van der Waals surface area contributed by atoms with Crippen LogP contribution in [0, 0.1) is 5.92 Å². The third-order valence-corrected chi connectivity index (χ3v) is 5.14. The minimum atomic E-state index is -3.12. The Hall–Kier alpha value is -1.07. The summed E-state index contributed by atoms with van der Waals surface area (Å²) in [6, 6.07) is 6.92. The molecule has 20 heavy (non-hydrogen) atoms. The lowest BCUT2D eigenvalue weighted by molar-refractivity contribution is 0.229. The second kappa shape index (κ2) is 8.27. The third-order valence-electron chi connectivity index (χ3n) is 3.20. The van der Waals surface area contributed by atoms with Crippen molar-refractivity contribution in [2.24, 2.45) is 5.92 Å². The normalized spacial score (nSPS) is 13.2. The summed E-state index contributed by atoms with van der Waals surface area (Å²) in [4.78, 5) is 0.388. The van der Waals surface area contributed by atoms with Gasteiger partial charge in [-0.25, -0.2) is 8.42 Å². The highest BCUT2D eigenvalue weighted by Gasteiger charge is 2.12. The first kappa shape index (κ1) is 17.0. The van der Waals surface area contributed by atoms with Gasteiger partial charge in [-0.15, -0.1) is 0 Å². The molecule has 0 heterocycles. The monoisotopic (exact) mass is 299 g/mol. The second-order valence-corrected chi connectivity index (χ2v) is 7.31. The molecule has 0 aromatic heterocycles. The molecule has 1 rings (SSSR count). The standard InChI is InChI=1S/C15H25NO3S/c1-3-11-20(18,19)15-8-6-14(7-9-15)16-10-4-5-13(2)12-17/h6-9,13,16-17H,3-5,10-12H2,1-2H3. The van der Waals surface area contributed by atoms with Crippen LogP contribution in [0.1, 0.15) is 33.1 Å². The van der Waals surface area contributed by atoms with E-state index < -0.39 is 9.84 Å². The number of aliphatic hydroxyl groups is 1. The van der Waals surface area contributed by atoms with Crippen LogP contribution >= 0.6 is 0 Å². The van der Waals surface area contributed by atoms with Crippen LogP contribution in [0.2, 0.25) is 0 Å². The second-order valence-electron chi connectivity index (χ2n) is 5.20. The van der Waals surface area contributed by atoms with Crippen molar-refractivity contribution in [1.82, 2.24) is 0 Å². The van der Waals surface area contributed by atoms with Crippen molar-refractivity contribution >= 4 is 15.5 Å². The van der Waals surface area contributed by atoms with Gasteiger partial charge in [-0.3, -0.25) is 0 Å². The SMILES string of the molecule is CCCS(=O)(=O)c1ccc(NCCCC(C)CO)cc1. The Balaban J connectivity index is 2.47. The first-order valence-electron chi connectivity index (χ1n) is 7.17. The zero-order valence-corrected chi connectivity index (χ0v) is 13.1. The Morgan fingerprint density at radius 1 is 1.25 bits per heavy atom. The van der Waals surface area contributed by atoms with Crippen LogP contribution < -0.4 is 5.32 Å². The van der Waals surface area contributed by atoms with E-state index in [0.717, 1.165) is 25.1 Å². The van der Waals surface area contributed by atoms with Gasteiger partial charge < -0.3 is 10.4 Å². The van der Waals surface area contributed by atoms with Crippen molar-refractivity contribution in [2.75, 3.05) is 24.2 Å². The highest BCUT2D eigenvalue weighted by Crippen LogP contribution is 2.16. The van der Waals surface area contributed by atoms with Crippen LogP contribution in [-0.2, 0) is 9.84 Å². The summed E-state index contributed by atoms with van der Waals surface area (Å²) >= 11 is 0. The fourth-order valence-corrected chi connectivity index (χ4v) is 3.27. The molecule has 1 unspecified atom stereocenters. The lowest BCUT2D eigenvalue weighted by atomic mass is 10.1. The van der Waals surface area contributed by atoms with Crippen molar-refractivity contribution in [3.8, 4) is 0 Å². The molecule has 0 saturated heterocycles. The van der Waals surface area contributed by atoms with Gasteiger partial charge in [-0.2, -0.15) is 0 Å². The Labute approximate surface area is 122 Å². The molecule has 4 nitrogen and oxygen atoms in total. The summed E-state index contributed by atoms with van der Waals surface area (Å²) in [5.74, 6) is 0.525. The molecule has 1 aromatic rings. The summed E-state index contributed by atoms with van der Waals surface area (Å²) in [5.41, 5.74) is 0.928. The van der Waals surface area contributed by atoms with Gasteiger partial charge in [-0.05, 0) is 49.4 Å². The van der Waals surface area contributed by atoms with Gasteiger partial charge in [0.2, 0.25) is 0 Å². The molecule has 1 aromatic carbocycles. The van der Waals surface area contributed by atoms with Gasteiger partial charge >= 0.3 is 0 Å². The Bertz CT molecular complexity index is 482. The lowest BCUT2D eigenvalue weighted by Gasteiger charge is -2.10. The highest BCUT2D eigenvalue weighted by atomic mass is 32.2. The van der Waals surface area contributed by atoms with E-state index in [0.29, 0.717) is 17.2 Å². The Morgan fingerprint density at radius 2 is 1.90 bits per heavy atom. The van der Waals surface area contributed by atoms with Gasteiger partial charge in [0, 0.05) is 18.8 Å². The van der Waals surface area contributed by atoms with E-state index in [1.54, 1.807) is 24.3 Å². The van der Waals surface area contributed by atoms with E-state index >= 15 is 0 Å². The summed E-state index contributed by atoms with van der Waals surface area (Å²) in [5, 5.41) is 12.2. The molecule has 0 aliphatic heterocycles. The molecule has 0 aliphatic rings. The molecule has 0 fully saturated rings. The quantitative estimate of drug-likeness (QED) is 0.688. The maximum atomic E-state index is 11.9. The molecule has 0 spiro atoms. The average molecular weight is 299 g/mol. The summed E-state index contributed by atoms with van der Waals surface area (Å²) in [6.45, 7) is 4.93. The van der Waals surface area contributed by atoms with Crippen LogP contribution in [0.25, 0.3) is 0 Å². The minimum absolute atomic E-state index is 0.193. The van der Waals surface area contributed by atoms with E-state index in [4.69, 9.17) is 5.11 Å². The number of sulfone groups is 1. The van der Waals surface area contributed by atoms with Crippen molar-refractivity contribution in [3.05, 3.63) is 24.3 Å². The maximum absolute atomic E-state index is 11.9. The minimum Gasteiger partial charge on any atom is -0.396 e. The molecular weight excluding hydrogens is 274 g/mol. The van der Waals surface area contributed by atoms with Gasteiger partial charge in [-0.1, -0.05) is 13.8 Å². The van der Waals surface area contributed by atoms with Crippen LogP contribution in [0.3, 0.4) is 0 Å². The topological polar surface area (TPSA) is 66.4 Å². The number of nitrogens with one attached hydrogen (secondary N) is 1. The third kappa shape index (κ3) is 5.51. The summed E-state index contributed by atoms with van der Waals surface area (Å²) < 4.78 is 23.7. The van der Waals surface area contributed by atoms with Crippen LogP contribution in [-0.4, -0.2) is 32.4 Å². The van der Waals surface area contributed by atoms with Crippen molar-refractivity contribution in [3.63, 3.8) is 0 Å². The van der Waals surface area contributed by atoms with E-state index in [1.165, 1.54) is 0 Å². The first-order valence-corrected chi connectivity index (χ1v) is 8.82. The van der Waals surface area contributed by atoms with E-state index in [9.17, 15) is 8.42 Å². The molecule has 0 amide bonds. The number of hydrogen-bond acceptors (Lipinski definition) is 4. The number of rotatable bonds is 9. The Kier molecular flexibility index (Phi) is 7.02. The van der Waals surface area contributed by atoms with Crippen molar-refractivity contribution in [2.45, 2.75) is 38.0 Å². The molecule has 0 radical (unpaired) electrons. The average Bonchev–Trinajstić information content (AvgIpc) is 2.43. The summed E-state index contributed by atoms with van der Waals surface area (Å²) in [7, 11) is -3.12. The number of anilines is 1. The maximum Gasteiger partial charge on any atom is 0.178 e. The first-order chi connectivity index (χ1) is 9.49. The molecular formula is C15H25NO3S. The summed E-state index contributed by atoms with van der Waals surface area (Å²) in [6.07, 6.45) is 2.59. The number of aliphatic hydroxyl groups excluding tert-OH is 1. The number of benzene rings is 1. The van der Waals surface area contributed by atoms with Crippen LogP contribution in [0.4, 0.5) is 5.69 Å². The van der Waals surface area contributed by atoms with Gasteiger partial charge in [0.25, 0.3) is 0 Å². The lowest BCUT2D eigenvalue weighted by Crippen LogP contribution is -2.08. The van der Waals surface area contributed by atoms with Crippen LogP contribution in [0.15, 0.2) is 29.2 Å². The van der Waals surface area contributed by atoms with Crippen molar-refractivity contribution < 1.29 is 13.5 Å². The predicted molar refractivity (Wildman–Crippen MR) is 82.8 cm³/mol. The molecule has 1 atom stereocenters. The largest absolute Gasteiger partial charge is 0.396 e. The molecule has 0 aliphatic carbocycles. The Morgan fingerprint density at radius 3 is 2.45 bits per heavy atom. The fourth-order valence-electron chi connectivity index (χ4n) is 1.94. The van der Waals surface area contributed by atoms with Gasteiger partial charge in [0.1, 0.15) is 0 Å². The molecule has 114 valence electrons. The zero-order valence-electron chi connectivity index (χ0n) is 12.3. The molecule has 5 heteroatoms. The molecule has 2 N–H and O–H groups in total. The zero-order chi connectivity index (χ0) is 15.0. The number of hydrogen-bond donors (Lipinski definition) is 2. The van der Waals surface area contributed by atoms with Crippen LogP contribution in [0.5, 0.6) is 0 Å². The highest BCUT2D eigenvalue weighted by molar-refractivity contribution is 7.91. The van der Waals surface area contributed by atoms with Gasteiger partial charge in [0.05, 0.1) is 10.6 Å². The van der Waals surface area contributed by atoms with Crippen molar-refractivity contribution in [1.29, 1.82) is 0 Å². The smallest absolute Gasteiger partial charge is 0.178 e. The molecule has 0 bridgehead atoms. The van der Waals surface area contributed by atoms with E-state index in [2.05, 4.69) is 5.32 Å². The predicted octanol–water partition coefficient (Wildman–Crippen LogP) is 2.69. The van der Waals surface area contributed by atoms with Gasteiger partial charge in [0.15, 0.2) is 9.84 Å².